The molecular formula is C12H23NO2Si. The lowest BCUT2D eigenvalue weighted by atomic mass is 10.2. The fourth-order valence-electron chi connectivity index (χ4n) is 1.03. The summed E-state index contributed by atoms with van der Waals surface area (Å²) >= 11 is 0. The normalized spacial score (nSPS) is 12.4. The smallest absolute Gasteiger partial charge is 0.352 e. The third kappa shape index (κ3) is 7.40. The topological polar surface area (TPSA) is 38.7 Å². The van der Waals surface area contributed by atoms with Crippen LogP contribution in [0.4, 0.5) is 0 Å². The molecule has 0 saturated heterocycles. The Morgan fingerprint density at radius 2 is 2.06 bits per heavy atom. The van der Waals surface area contributed by atoms with Gasteiger partial charge >= 0.3 is 5.97 Å². The summed E-state index contributed by atoms with van der Waals surface area (Å²) < 4.78 is 4.98. The molecule has 0 aliphatic carbocycles. The first-order valence-corrected chi connectivity index (χ1v) is 9.42. The average molecular weight is 241 g/mol. The minimum atomic E-state index is -1.25. The van der Waals surface area contributed by atoms with Gasteiger partial charge in [-0.15, -0.1) is 6.58 Å². The van der Waals surface area contributed by atoms with Crippen LogP contribution in [0.3, 0.4) is 0 Å². The van der Waals surface area contributed by atoms with E-state index in [9.17, 15) is 4.79 Å². The summed E-state index contributed by atoms with van der Waals surface area (Å²) in [7, 11) is -1.25. The number of hydrogen-bond acceptors (Lipinski definition) is 3. The number of allylic oxidation sites excluding steroid dienone is 1. The van der Waals surface area contributed by atoms with Crippen molar-refractivity contribution in [1.82, 2.24) is 0 Å². The molecule has 0 unspecified atom stereocenters. The Morgan fingerprint density at radius 1 is 1.44 bits per heavy atom. The maximum Gasteiger partial charge on any atom is 0.352 e. The van der Waals surface area contributed by atoms with Gasteiger partial charge in [0.1, 0.15) is 5.71 Å². The molecule has 0 aliphatic heterocycles. The number of esters is 1. The highest BCUT2D eigenvalue weighted by molar-refractivity contribution is 6.76. The van der Waals surface area contributed by atoms with E-state index >= 15 is 0 Å². The molecule has 0 spiro atoms. The third-order valence-electron chi connectivity index (χ3n) is 1.84. The lowest BCUT2D eigenvalue weighted by Gasteiger charge is -2.13. The first-order valence-electron chi connectivity index (χ1n) is 5.72. The zero-order valence-corrected chi connectivity index (χ0v) is 11.9. The molecule has 0 aromatic rings. The Balaban J connectivity index is 4.52. The van der Waals surface area contributed by atoms with E-state index in [-0.39, 0.29) is 5.97 Å². The molecular weight excluding hydrogens is 218 g/mol. The maximum atomic E-state index is 11.6. The maximum absolute atomic E-state index is 11.6. The summed E-state index contributed by atoms with van der Waals surface area (Å²) in [6.07, 6.45) is 3.97. The molecule has 16 heavy (non-hydrogen) atoms. The van der Waals surface area contributed by atoms with Crippen LogP contribution in [-0.2, 0) is 9.53 Å². The van der Waals surface area contributed by atoms with E-state index in [1.165, 1.54) is 0 Å². The van der Waals surface area contributed by atoms with Gasteiger partial charge in [0.25, 0.3) is 0 Å². The van der Waals surface area contributed by atoms with Gasteiger partial charge in [0.15, 0.2) is 0 Å². The average Bonchev–Trinajstić information content (AvgIpc) is 2.16. The van der Waals surface area contributed by atoms with Crippen LogP contribution in [0.1, 0.15) is 19.8 Å². The van der Waals surface area contributed by atoms with E-state index < -0.39 is 8.07 Å². The largest absolute Gasteiger partial charge is 0.462 e. The van der Waals surface area contributed by atoms with Gasteiger partial charge in [-0.2, -0.15) is 0 Å². The molecule has 0 amide bonds. The van der Waals surface area contributed by atoms with Crippen LogP contribution in [0.15, 0.2) is 17.6 Å². The minimum absolute atomic E-state index is 0.275. The predicted octanol–water partition coefficient (Wildman–Crippen LogP) is 2.83. The van der Waals surface area contributed by atoms with Crippen LogP contribution < -0.4 is 0 Å². The number of rotatable bonds is 7. The molecule has 3 nitrogen and oxygen atoms in total. The second kappa shape index (κ2) is 7.38. The zero-order valence-electron chi connectivity index (χ0n) is 10.9. The fourth-order valence-corrected chi connectivity index (χ4v) is 1.70. The molecule has 0 radical (unpaired) electrons. The van der Waals surface area contributed by atoms with Crippen LogP contribution in [0.5, 0.6) is 0 Å². The van der Waals surface area contributed by atoms with Gasteiger partial charge in [0.2, 0.25) is 0 Å². The number of carbonyl (C=O) groups is 1. The summed E-state index contributed by atoms with van der Waals surface area (Å²) in [4.78, 5) is 16.0. The Hall–Kier alpha value is -0.903. The van der Waals surface area contributed by atoms with Gasteiger partial charge in [-0.25, -0.2) is 4.79 Å². The third-order valence-corrected chi connectivity index (χ3v) is 2.95. The highest BCUT2D eigenvalue weighted by Gasteiger charge is 2.16. The predicted molar refractivity (Wildman–Crippen MR) is 71.7 cm³/mol. The van der Waals surface area contributed by atoms with Crippen molar-refractivity contribution in [3.8, 4) is 0 Å². The summed E-state index contributed by atoms with van der Waals surface area (Å²) in [6, 6.07) is 0. The molecule has 0 heterocycles. The van der Waals surface area contributed by atoms with Gasteiger partial charge < -0.3 is 4.74 Å². The monoisotopic (exact) mass is 241 g/mol. The van der Waals surface area contributed by atoms with Gasteiger partial charge in [0, 0.05) is 6.17 Å². The van der Waals surface area contributed by atoms with Gasteiger partial charge in [-0.3, -0.25) is 4.99 Å². The SMILES string of the molecule is C=CCC/C(=N\C[Si](C)(C)C)C(=O)OCC. The number of nitrogens with zero attached hydrogens (tertiary/aromatic N) is 1. The minimum Gasteiger partial charge on any atom is -0.462 e. The molecule has 4 heteroatoms. The molecule has 0 N–H and O–H groups in total. The number of hydrogen-bond donors (Lipinski definition) is 0. The molecule has 0 fully saturated rings. The van der Waals surface area contributed by atoms with Crippen molar-refractivity contribution < 1.29 is 9.53 Å². The van der Waals surface area contributed by atoms with Crippen LogP contribution in [0.2, 0.25) is 19.6 Å². The van der Waals surface area contributed by atoms with E-state index in [0.717, 1.165) is 12.6 Å². The van der Waals surface area contributed by atoms with Gasteiger partial charge in [0.05, 0.1) is 14.7 Å². The van der Waals surface area contributed by atoms with Crippen molar-refractivity contribution in [3.05, 3.63) is 12.7 Å². The lowest BCUT2D eigenvalue weighted by molar-refractivity contribution is -0.135. The Kier molecular flexibility index (Phi) is 6.97. The second-order valence-corrected chi connectivity index (χ2v) is 10.3. The number of carbonyl (C=O) groups excluding carboxylic acids is 1. The van der Waals surface area contributed by atoms with Crippen LogP contribution in [0.25, 0.3) is 0 Å². The van der Waals surface area contributed by atoms with Gasteiger partial charge in [-0.1, -0.05) is 25.7 Å². The molecule has 0 bridgehead atoms. The highest BCUT2D eigenvalue weighted by atomic mass is 28.3. The van der Waals surface area contributed by atoms with Crippen molar-refractivity contribution in [2.24, 2.45) is 4.99 Å². The van der Waals surface area contributed by atoms with Crippen LogP contribution in [0, 0.1) is 0 Å². The van der Waals surface area contributed by atoms with E-state index in [4.69, 9.17) is 4.74 Å². The first kappa shape index (κ1) is 15.1. The van der Waals surface area contributed by atoms with Crippen LogP contribution in [-0.4, -0.2) is 32.5 Å². The fraction of sp³-hybridized carbons (Fsp3) is 0.667. The van der Waals surface area contributed by atoms with E-state index in [1.807, 2.05) is 6.92 Å². The zero-order chi connectivity index (χ0) is 12.6. The molecule has 92 valence electrons. The molecule has 0 saturated carbocycles. The van der Waals surface area contributed by atoms with Crippen molar-refractivity contribution in [1.29, 1.82) is 0 Å². The summed E-state index contributed by atoms with van der Waals surface area (Å²) in [5.41, 5.74) is 0.559. The van der Waals surface area contributed by atoms with Crippen molar-refractivity contribution in [2.75, 3.05) is 12.8 Å². The van der Waals surface area contributed by atoms with Crippen molar-refractivity contribution in [3.63, 3.8) is 0 Å². The molecule has 0 aliphatic rings. The molecule has 0 rings (SSSR count). The highest BCUT2D eigenvalue weighted by Crippen LogP contribution is 2.04. The lowest BCUT2D eigenvalue weighted by Crippen LogP contribution is -2.27. The van der Waals surface area contributed by atoms with E-state index in [1.54, 1.807) is 6.08 Å². The molecule has 0 aromatic heterocycles. The standard InChI is InChI=1S/C12H23NO2Si/c1-6-8-9-11(12(14)15-7-2)13-10-16(3,4)5/h6H,1,7-10H2,2-5H3/b13-11+. The number of ether oxygens (including phenoxy) is 1. The second-order valence-electron chi connectivity index (χ2n) is 4.87. The van der Waals surface area contributed by atoms with Crippen molar-refractivity contribution in [2.45, 2.75) is 39.4 Å². The molecule has 0 atom stereocenters. The van der Waals surface area contributed by atoms with Crippen molar-refractivity contribution >= 4 is 19.8 Å². The van der Waals surface area contributed by atoms with E-state index in [0.29, 0.717) is 18.7 Å². The first-order chi connectivity index (χ1) is 7.40. The number of aliphatic imine (C=N–C) groups is 1. The summed E-state index contributed by atoms with van der Waals surface area (Å²) in [6.45, 7) is 12.5. The summed E-state index contributed by atoms with van der Waals surface area (Å²) in [5, 5.41) is 0. The molecule has 0 aromatic carbocycles. The Labute approximate surface area is 99.6 Å². The van der Waals surface area contributed by atoms with Gasteiger partial charge in [-0.05, 0) is 19.8 Å². The quantitative estimate of drug-likeness (QED) is 0.297. The van der Waals surface area contributed by atoms with Crippen LogP contribution >= 0.6 is 0 Å². The Morgan fingerprint density at radius 3 is 2.50 bits per heavy atom. The summed E-state index contributed by atoms with van der Waals surface area (Å²) in [5.74, 6) is -0.275. The van der Waals surface area contributed by atoms with E-state index in [2.05, 4.69) is 31.2 Å². The Bertz CT molecular complexity index is 267.